The van der Waals surface area contributed by atoms with Crippen molar-refractivity contribution in [3.05, 3.63) is 82.0 Å². The largest absolute Gasteiger partial charge is 0.457 e. The first-order valence-corrected chi connectivity index (χ1v) is 7.95. The lowest BCUT2D eigenvalue weighted by molar-refractivity contribution is -0.389. The van der Waals surface area contributed by atoms with Crippen molar-refractivity contribution in [1.29, 1.82) is 0 Å². The van der Waals surface area contributed by atoms with Crippen LogP contribution in [0.15, 0.2) is 60.8 Å². The van der Waals surface area contributed by atoms with E-state index in [9.17, 15) is 14.9 Å². The molecule has 0 bridgehead atoms. The lowest BCUT2D eigenvalue weighted by Gasteiger charge is -2.28. The van der Waals surface area contributed by atoms with Crippen LogP contribution in [-0.2, 0) is 11.3 Å². The number of hydrogen-bond acceptors (Lipinski definition) is 5. The minimum Gasteiger partial charge on any atom is -0.457 e. The molecular formula is C18H14N4O4. The molecular weight excluding hydrogens is 336 g/mol. The number of amides is 1. The van der Waals surface area contributed by atoms with Gasteiger partial charge < -0.3 is 20.2 Å². The predicted molar refractivity (Wildman–Crippen MR) is 91.8 cm³/mol. The van der Waals surface area contributed by atoms with E-state index in [0.717, 1.165) is 11.1 Å². The normalized spacial score (nSPS) is 12.6. The molecule has 0 atom stereocenters. The summed E-state index contributed by atoms with van der Waals surface area (Å²) >= 11 is 0. The summed E-state index contributed by atoms with van der Waals surface area (Å²) in [5.74, 6) is 0.775. The van der Waals surface area contributed by atoms with Crippen LogP contribution in [0.4, 0.5) is 5.82 Å². The smallest absolute Gasteiger partial charge is 0.389 e. The van der Waals surface area contributed by atoms with Crippen LogP contribution < -0.4 is 10.1 Å². The molecule has 1 N–H and O–H groups in total. The second kappa shape index (κ2) is 6.32. The Balaban J connectivity index is 1.59. The topological polar surface area (TPSA) is 99.3 Å². The average Bonchev–Trinajstić information content (AvgIpc) is 3.10. The monoisotopic (exact) mass is 350 g/mol. The maximum atomic E-state index is 12.5. The van der Waals surface area contributed by atoms with Crippen molar-refractivity contribution >= 4 is 11.7 Å². The first-order valence-electron chi connectivity index (χ1n) is 7.95. The lowest BCUT2D eigenvalue weighted by atomic mass is 9.94. The second-order valence-corrected chi connectivity index (χ2v) is 5.81. The number of aromatic nitrogens is 2. The number of carbonyl (C=O) groups excluding carboxylic acids is 1. The van der Waals surface area contributed by atoms with Gasteiger partial charge in [-0.25, -0.2) is 0 Å². The average molecular weight is 350 g/mol. The van der Waals surface area contributed by atoms with Gasteiger partial charge >= 0.3 is 5.82 Å². The zero-order valence-electron chi connectivity index (χ0n) is 13.5. The van der Waals surface area contributed by atoms with E-state index in [1.54, 1.807) is 0 Å². The molecule has 1 aliphatic rings. The van der Waals surface area contributed by atoms with E-state index in [2.05, 4.69) is 10.4 Å². The SMILES string of the molecule is O=C(Cn1ccc([N+](=O)[O-])n1)NC1c2ccccc2Oc2ccccc21. The number of nitrogens with zero attached hydrogens (tertiary/aromatic N) is 3. The summed E-state index contributed by atoms with van der Waals surface area (Å²) in [6.07, 6.45) is 1.41. The Hall–Kier alpha value is -3.68. The van der Waals surface area contributed by atoms with Crippen LogP contribution in [0.1, 0.15) is 17.2 Å². The Kier molecular flexibility index (Phi) is 3.85. The molecule has 0 radical (unpaired) electrons. The Labute approximate surface area is 148 Å². The molecule has 1 aromatic heterocycles. The highest BCUT2D eigenvalue weighted by Crippen LogP contribution is 2.42. The molecule has 0 unspecified atom stereocenters. The van der Waals surface area contributed by atoms with Crippen molar-refractivity contribution in [2.75, 3.05) is 0 Å². The van der Waals surface area contributed by atoms with Gasteiger partial charge in [0.1, 0.15) is 18.0 Å². The minimum atomic E-state index is -0.598. The molecule has 0 fully saturated rings. The summed E-state index contributed by atoms with van der Waals surface area (Å²) in [5.41, 5.74) is 1.71. The summed E-state index contributed by atoms with van der Waals surface area (Å²) < 4.78 is 7.13. The summed E-state index contributed by atoms with van der Waals surface area (Å²) in [7, 11) is 0. The molecule has 130 valence electrons. The van der Waals surface area contributed by atoms with Gasteiger partial charge in [0.25, 0.3) is 0 Å². The maximum absolute atomic E-state index is 12.5. The predicted octanol–water partition coefficient (Wildman–Crippen LogP) is 2.80. The Morgan fingerprint density at radius 1 is 1.12 bits per heavy atom. The van der Waals surface area contributed by atoms with Crippen molar-refractivity contribution in [3.8, 4) is 11.5 Å². The zero-order chi connectivity index (χ0) is 18.1. The maximum Gasteiger partial charge on any atom is 0.389 e. The molecule has 26 heavy (non-hydrogen) atoms. The van der Waals surface area contributed by atoms with E-state index in [0.29, 0.717) is 11.5 Å². The third-order valence-corrected chi connectivity index (χ3v) is 4.10. The number of nitro groups is 1. The third-order valence-electron chi connectivity index (χ3n) is 4.10. The fraction of sp³-hybridized carbons (Fsp3) is 0.111. The first-order chi connectivity index (χ1) is 12.6. The van der Waals surface area contributed by atoms with Gasteiger partial charge in [-0.3, -0.25) is 4.79 Å². The lowest BCUT2D eigenvalue weighted by Crippen LogP contribution is -2.33. The molecule has 0 saturated carbocycles. The fourth-order valence-corrected chi connectivity index (χ4v) is 2.96. The Morgan fingerprint density at radius 2 is 1.73 bits per heavy atom. The molecule has 0 spiro atoms. The number of fused-ring (bicyclic) bond motifs is 2. The van der Waals surface area contributed by atoms with Crippen molar-refractivity contribution in [2.45, 2.75) is 12.6 Å². The van der Waals surface area contributed by atoms with Gasteiger partial charge in [-0.15, -0.1) is 0 Å². The van der Waals surface area contributed by atoms with Crippen molar-refractivity contribution in [3.63, 3.8) is 0 Å². The van der Waals surface area contributed by atoms with Crippen LogP contribution in [0, 0.1) is 10.1 Å². The Bertz CT molecular complexity index is 953. The molecule has 2 heterocycles. The van der Waals surface area contributed by atoms with Crippen LogP contribution in [0.2, 0.25) is 0 Å². The molecule has 1 aliphatic heterocycles. The quantitative estimate of drug-likeness (QED) is 0.576. The summed E-state index contributed by atoms with van der Waals surface area (Å²) in [5, 5.41) is 17.4. The van der Waals surface area contributed by atoms with Crippen LogP contribution >= 0.6 is 0 Å². The van der Waals surface area contributed by atoms with Crippen molar-refractivity contribution < 1.29 is 14.5 Å². The number of nitrogens with one attached hydrogen (secondary N) is 1. The molecule has 1 amide bonds. The molecule has 0 aliphatic carbocycles. The summed E-state index contributed by atoms with van der Waals surface area (Å²) in [4.78, 5) is 22.6. The number of para-hydroxylation sites is 2. The molecule has 0 saturated heterocycles. The van der Waals surface area contributed by atoms with Gasteiger partial charge in [-0.05, 0) is 17.1 Å². The highest BCUT2D eigenvalue weighted by Gasteiger charge is 2.28. The van der Waals surface area contributed by atoms with Crippen LogP contribution in [0.25, 0.3) is 0 Å². The van der Waals surface area contributed by atoms with E-state index in [1.165, 1.54) is 16.9 Å². The van der Waals surface area contributed by atoms with Crippen LogP contribution in [0.3, 0.4) is 0 Å². The van der Waals surface area contributed by atoms with E-state index in [1.807, 2.05) is 48.5 Å². The summed E-state index contributed by atoms with van der Waals surface area (Å²) in [6, 6.07) is 15.9. The first kappa shape index (κ1) is 15.8. The molecule has 8 nitrogen and oxygen atoms in total. The van der Waals surface area contributed by atoms with Gasteiger partial charge in [-0.2, -0.15) is 4.68 Å². The summed E-state index contributed by atoms with van der Waals surface area (Å²) in [6.45, 7) is -0.116. The number of hydrogen-bond donors (Lipinski definition) is 1. The molecule has 2 aromatic carbocycles. The molecule has 4 rings (SSSR count). The number of carbonyl (C=O) groups is 1. The second-order valence-electron chi connectivity index (χ2n) is 5.81. The van der Waals surface area contributed by atoms with E-state index >= 15 is 0 Å². The van der Waals surface area contributed by atoms with Crippen molar-refractivity contribution in [1.82, 2.24) is 15.1 Å². The molecule has 8 heteroatoms. The highest BCUT2D eigenvalue weighted by atomic mass is 16.6. The van der Waals surface area contributed by atoms with E-state index in [-0.39, 0.29) is 24.3 Å². The van der Waals surface area contributed by atoms with Gasteiger partial charge in [-0.1, -0.05) is 36.4 Å². The zero-order valence-corrected chi connectivity index (χ0v) is 13.5. The highest BCUT2D eigenvalue weighted by molar-refractivity contribution is 5.77. The number of rotatable bonds is 4. The van der Waals surface area contributed by atoms with Gasteiger partial charge in [0.15, 0.2) is 0 Å². The van der Waals surface area contributed by atoms with Crippen LogP contribution in [0.5, 0.6) is 11.5 Å². The third kappa shape index (κ3) is 2.88. The standard InChI is InChI=1S/C18H14N4O4/c23-17(11-21-10-9-16(20-21)22(24)25)19-18-12-5-1-3-7-14(12)26-15-8-4-2-6-13(15)18/h1-10,18H,11H2,(H,19,23). The Morgan fingerprint density at radius 3 is 2.31 bits per heavy atom. The van der Waals surface area contributed by atoms with Gasteiger partial charge in [0.2, 0.25) is 5.91 Å². The number of benzene rings is 2. The minimum absolute atomic E-state index is 0.116. The number of ether oxygens (including phenoxy) is 1. The molecule has 3 aromatic rings. The van der Waals surface area contributed by atoms with Gasteiger partial charge in [0.05, 0.1) is 23.4 Å². The van der Waals surface area contributed by atoms with E-state index < -0.39 is 4.92 Å². The van der Waals surface area contributed by atoms with Crippen LogP contribution in [-0.4, -0.2) is 20.6 Å². The fourth-order valence-electron chi connectivity index (χ4n) is 2.96. The van der Waals surface area contributed by atoms with E-state index in [4.69, 9.17) is 4.74 Å². The van der Waals surface area contributed by atoms with Gasteiger partial charge in [0, 0.05) is 11.1 Å². The van der Waals surface area contributed by atoms with Crippen molar-refractivity contribution in [2.24, 2.45) is 0 Å².